The number of benzene rings is 1. The molecule has 2 aliphatic rings. The maximum absolute atomic E-state index is 12.6. The third-order valence-corrected chi connectivity index (χ3v) is 5.06. The van der Waals surface area contributed by atoms with Gasteiger partial charge in [-0.3, -0.25) is 9.59 Å². The molecule has 0 radical (unpaired) electrons. The predicted octanol–water partition coefficient (Wildman–Crippen LogP) is 1.37. The van der Waals surface area contributed by atoms with Crippen LogP contribution in [0.2, 0.25) is 0 Å². The number of likely N-dealkylation sites (tertiary alicyclic amines) is 1. The van der Waals surface area contributed by atoms with Crippen molar-refractivity contribution in [2.24, 2.45) is 5.73 Å². The first-order valence-corrected chi connectivity index (χ1v) is 9.32. The number of rotatable bonds is 4. The van der Waals surface area contributed by atoms with Crippen LogP contribution in [0.25, 0.3) is 0 Å². The normalized spacial score (nSPS) is 17.4. The monoisotopic (exact) mass is 385 g/mol. The number of carbonyl (C=O) groups excluding carboxylic acids is 2. The molecule has 0 unspecified atom stereocenters. The van der Waals surface area contributed by atoms with Gasteiger partial charge < -0.3 is 25.4 Å². The Labute approximate surface area is 162 Å². The van der Waals surface area contributed by atoms with E-state index < -0.39 is 6.04 Å². The van der Waals surface area contributed by atoms with E-state index in [1.165, 1.54) is 0 Å². The van der Waals surface area contributed by atoms with Gasteiger partial charge in [0, 0.05) is 24.7 Å². The van der Waals surface area contributed by atoms with Crippen molar-refractivity contribution in [2.75, 3.05) is 25.2 Å². The Balaban J connectivity index is 1.42. The first-order valence-electron chi connectivity index (χ1n) is 9.32. The van der Waals surface area contributed by atoms with Crippen LogP contribution in [0.3, 0.4) is 0 Å². The van der Waals surface area contributed by atoms with Crippen LogP contribution in [-0.2, 0) is 4.79 Å². The highest BCUT2D eigenvalue weighted by Gasteiger charge is 2.27. The van der Waals surface area contributed by atoms with Crippen LogP contribution in [0.5, 0.6) is 11.5 Å². The molecule has 4 rings (SSSR count). The lowest BCUT2D eigenvalue weighted by Crippen LogP contribution is -2.46. The van der Waals surface area contributed by atoms with Crippen molar-refractivity contribution >= 4 is 17.6 Å². The van der Waals surface area contributed by atoms with E-state index in [1.54, 1.807) is 42.3 Å². The average molecular weight is 385 g/mol. The minimum atomic E-state index is -0.488. The predicted molar refractivity (Wildman–Crippen MR) is 101 cm³/mol. The Morgan fingerprint density at radius 3 is 2.71 bits per heavy atom. The van der Waals surface area contributed by atoms with Crippen LogP contribution in [-0.4, -0.2) is 52.4 Å². The molecular weight excluding hydrogens is 362 g/mol. The minimum absolute atomic E-state index is 0.0322. The standard InChI is InChI=1S/C19H23N5O4/c1-12(20)19(26)23-8-5-14(6-9-23)24-17(4-7-21-24)22-18(25)13-2-3-15-16(10-13)28-11-27-15/h2-4,7,10,12,14H,5-6,8-9,11,20H2,1H3,(H,22,25)/t12-/m0/s1. The fourth-order valence-electron chi connectivity index (χ4n) is 3.55. The van der Waals surface area contributed by atoms with E-state index in [4.69, 9.17) is 15.2 Å². The number of carbonyl (C=O) groups is 2. The third-order valence-electron chi connectivity index (χ3n) is 5.06. The van der Waals surface area contributed by atoms with Crippen LogP contribution < -0.4 is 20.5 Å². The van der Waals surface area contributed by atoms with Crippen LogP contribution in [0.15, 0.2) is 30.5 Å². The quantitative estimate of drug-likeness (QED) is 0.822. The summed E-state index contributed by atoms with van der Waals surface area (Å²) >= 11 is 0. The second-order valence-corrected chi connectivity index (χ2v) is 7.03. The van der Waals surface area contributed by atoms with Crippen molar-refractivity contribution in [1.82, 2.24) is 14.7 Å². The fourth-order valence-corrected chi connectivity index (χ4v) is 3.55. The number of nitrogens with one attached hydrogen (secondary N) is 1. The van der Waals surface area contributed by atoms with Crippen LogP contribution in [0.4, 0.5) is 5.82 Å². The molecule has 2 amide bonds. The van der Waals surface area contributed by atoms with Gasteiger partial charge in [-0.15, -0.1) is 0 Å². The number of fused-ring (bicyclic) bond motifs is 1. The molecule has 0 aliphatic carbocycles. The summed E-state index contributed by atoms with van der Waals surface area (Å²) in [6, 6.07) is 6.47. The van der Waals surface area contributed by atoms with Crippen LogP contribution in [0, 0.1) is 0 Å². The SMILES string of the molecule is C[C@H](N)C(=O)N1CCC(n2nccc2NC(=O)c2ccc3c(c2)OCO3)CC1. The first kappa shape index (κ1) is 18.3. The molecule has 1 saturated heterocycles. The summed E-state index contributed by atoms with van der Waals surface area (Å²) in [6.45, 7) is 3.11. The number of nitrogens with two attached hydrogens (primary N) is 1. The average Bonchev–Trinajstić information content (AvgIpc) is 3.36. The molecule has 1 aromatic carbocycles. The zero-order chi connectivity index (χ0) is 19.7. The van der Waals surface area contributed by atoms with Crippen molar-refractivity contribution in [3.63, 3.8) is 0 Å². The highest BCUT2D eigenvalue weighted by atomic mass is 16.7. The molecule has 9 nitrogen and oxygen atoms in total. The topological polar surface area (TPSA) is 112 Å². The zero-order valence-electron chi connectivity index (χ0n) is 15.6. The Kier molecular flexibility index (Phi) is 4.91. The Morgan fingerprint density at radius 1 is 1.21 bits per heavy atom. The molecule has 0 bridgehead atoms. The smallest absolute Gasteiger partial charge is 0.256 e. The molecule has 1 fully saturated rings. The molecule has 2 aliphatic heterocycles. The molecule has 28 heavy (non-hydrogen) atoms. The molecule has 2 aromatic rings. The van der Waals surface area contributed by atoms with Gasteiger partial charge in [-0.25, -0.2) is 4.68 Å². The maximum atomic E-state index is 12.6. The van der Waals surface area contributed by atoms with Gasteiger partial charge in [-0.2, -0.15) is 5.10 Å². The van der Waals surface area contributed by atoms with Gasteiger partial charge in [0.15, 0.2) is 11.5 Å². The van der Waals surface area contributed by atoms with Crippen molar-refractivity contribution in [3.05, 3.63) is 36.0 Å². The second kappa shape index (κ2) is 7.51. The largest absolute Gasteiger partial charge is 0.454 e. The van der Waals surface area contributed by atoms with E-state index in [9.17, 15) is 9.59 Å². The summed E-state index contributed by atoms with van der Waals surface area (Å²) < 4.78 is 12.4. The van der Waals surface area contributed by atoms with Gasteiger partial charge in [-0.05, 0) is 38.0 Å². The first-order chi connectivity index (χ1) is 13.5. The second-order valence-electron chi connectivity index (χ2n) is 7.03. The van der Waals surface area contributed by atoms with E-state index in [2.05, 4.69) is 10.4 Å². The van der Waals surface area contributed by atoms with E-state index >= 15 is 0 Å². The summed E-state index contributed by atoms with van der Waals surface area (Å²) in [6.07, 6.45) is 3.18. The molecule has 9 heteroatoms. The lowest BCUT2D eigenvalue weighted by Gasteiger charge is -2.33. The van der Waals surface area contributed by atoms with E-state index in [0.29, 0.717) is 36.0 Å². The maximum Gasteiger partial charge on any atom is 0.256 e. The van der Waals surface area contributed by atoms with Crippen molar-refractivity contribution in [3.8, 4) is 11.5 Å². The summed E-state index contributed by atoms with van der Waals surface area (Å²) in [7, 11) is 0. The van der Waals surface area contributed by atoms with Gasteiger partial charge in [0.2, 0.25) is 12.7 Å². The van der Waals surface area contributed by atoms with Gasteiger partial charge in [0.1, 0.15) is 5.82 Å². The highest BCUT2D eigenvalue weighted by molar-refractivity contribution is 6.04. The molecule has 148 valence electrons. The van der Waals surface area contributed by atoms with E-state index in [-0.39, 0.29) is 24.6 Å². The number of hydrogen-bond donors (Lipinski definition) is 2. The van der Waals surface area contributed by atoms with Crippen molar-refractivity contribution in [1.29, 1.82) is 0 Å². The van der Waals surface area contributed by atoms with Gasteiger partial charge in [0.25, 0.3) is 5.91 Å². The lowest BCUT2D eigenvalue weighted by atomic mass is 10.0. The molecule has 0 saturated carbocycles. The Hall–Kier alpha value is -3.07. The lowest BCUT2D eigenvalue weighted by molar-refractivity contribution is -0.133. The van der Waals surface area contributed by atoms with Gasteiger partial charge in [0.05, 0.1) is 18.3 Å². The summed E-state index contributed by atoms with van der Waals surface area (Å²) in [5, 5.41) is 7.29. The molecule has 1 aromatic heterocycles. The zero-order valence-corrected chi connectivity index (χ0v) is 15.6. The molecule has 1 atom stereocenters. The number of anilines is 1. The van der Waals surface area contributed by atoms with Gasteiger partial charge in [-0.1, -0.05) is 0 Å². The number of hydrogen-bond acceptors (Lipinski definition) is 6. The number of amides is 2. The number of nitrogens with zero attached hydrogens (tertiary/aromatic N) is 3. The number of aromatic nitrogens is 2. The van der Waals surface area contributed by atoms with E-state index in [0.717, 1.165) is 12.8 Å². The summed E-state index contributed by atoms with van der Waals surface area (Å²) in [4.78, 5) is 26.5. The number of piperidine rings is 1. The Morgan fingerprint density at radius 2 is 1.96 bits per heavy atom. The third kappa shape index (κ3) is 3.53. The van der Waals surface area contributed by atoms with E-state index in [1.807, 2.05) is 4.68 Å². The van der Waals surface area contributed by atoms with Crippen LogP contribution >= 0.6 is 0 Å². The molecule has 3 N–H and O–H groups in total. The summed E-state index contributed by atoms with van der Waals surface area (Å²) in [5.74, 6) is 1.54. The number of ether oxygens (including phenoxy) is 2. The van der Waals surface area contributed by atoms with Crippen molar-refractivity contribution in [2.45, 2.75) is 31.8 Å². The highest BCUT2D eigenvalue weighted by Crippen LogP contribution is 2.33. The summed E-state index contributed by atoms with van der Waals surface area (Å²) in [5.41, 5.74) is 6.17. The molecule has 0 spiro atoms. The molecule has 3 heterocycles. The minimum Gasteiger partial charge on any atom is -0.454 e. The Bertz CT molecular complexity index is 886. The van der Waals surface area contributed by atoms with Crippen LogP contribution in [0.1, 0.15) is 36.2 Å². The van der Waals surface area contributed by atoms with Gasteiger partial charge >= 0.3 is 0 Å². The fraction of sp³-hybridized carbons (Fsp3) is 0.421. The van der Waals surface area contributed by atoms with Crippen molar-refractivity contribution < 1.29 is 19.1 Å². The molecular formula is C19H23N5O4.